The number of nitrogens with one attached hydrogen (secondary N) is 1. The van der Waals surface area contributed by atoms with Crippen molar-refractivity contribution in [2.45, 2.75) is 26.7 Å². The molecule has 1 amide bonds. The van der Waals surface area contributed by atoms with Crippen LogP contribution in [0.4, 0.5) is 5.00 Å². The van der Waals surface area contributed by atoms with Gasteiger partial charge in [0.2, 0.25) is 5.91 Å². The van der Waals surface area contributed by atoms with Gasteiger partial charge in [-0.25, -0.2) is 4.79 Å². The molecule has 1 heterocycles. The maximum Gasteiger partial charge on any atom is 0.341 e. The minimum Gasteiger partial charge on any atom is -0.494 e. The molecule has 2 aromatic carbocycles. The normalized spacial score (nSPS) is 10.5. The van der Waals surface area contributed by atoms with Crippen molar-refractivity contribution in [1.29, 1.82) is 0 Å². The van der Waals surface area contributed by atoms with Gasteiger partial charge in [-0.2, -0.15) is 0 Å². The molecule has 0 saturated heterocycles. The maximum atomic E-state index is 12.6. The van der Waals surface area contributed by atoms with E-state index in [-0.39, 0.29) is 12.5 Å². The third-order valence-electron chi connectivity index (χ3n) is 4.55. The molecule has 0 atom stereocenters. The molecule has 1 N–H and O–H groups in total. The molecule has 7 heteroatoms. The van der Waals surface area contributed by atoms with Gasteiger partial charge in [0, 0.05) is 21.8 Å². The van der Waals surface area contributed by atoms with Crippen molar-refractivity contribution in [3.8, 4) is 16.9 Å². The Kier molecular flexibility index (Phi) is 8.26. The van der Waals surface area contributed by atoms with E-state index in [1.165, 1.54) is 11.3 Å². The van der Waals surface area contributed by atoms with Crippen LogP contribution in [0, 0.1) is 0 Å². The third-order valence-corrected chi connectivity index (χ3v) is 5.98. The molecule has 0 aliphatic heterocycles. The Morgan fingerprint density at radius 3 is 2.35 bits per heavy atom. The zero-order valence-corrected chi connectivity index (χ0v) is 19.8. The molecule has 0 fully saturated rings. The molecular formula is C24H24BrNO4S. The van der Waals surface area contributed by atoms with E-state index in [0.29, 0.717) is 30.0 Å². The van der Waals surface area contributed by atoms with Crippen molar-refractivity contribution in [3.63, 3.8) is 0 Å². The van der Waals surface area contributed by atoms with Gasteiger partial charge in [0.15, 0.2) is 0 Å². The van der Waals surface area contributed by atoms with Crippen molar-refractivity contribution in [1.82, 2.24) is 0 Å². The standard InChI is InChI=1S/C24H24BrNO4S/c1-3-29-19-12-5-16(6-13-19)7-14-21(27)26-23-22(24(28)30-4-2)20(15-31-23)17-8-10-18(25)11-9-17/h5-6,8-13,15H,3-4,7,14H2,1-2H3,(H,26,27). The summed E-state index contributed by atoms with van der Waals surface area (Å²) in [5.74, 6) is 0.223. The summed E-state index contributed by atoms with van der Waals surface area (Å²) < 4.78 is 11.6. The molecule has 0 bridgehead atoms. The highest BCUT2D eigenvalue weighted by Gasteiger charge is 2.22. The lowest BCUT2D eigenvalue weighted by molar-refractivity contribution is -0.116. The number of hydrogen-bond donors (Lipinski definition) is 1. The fourth-order valence-corrected chi connectivity index (χ4v) is 4.30. The van der Waals surface area contributed by atoms with Crippen molar-refractivity contribution in [3.05, 3.63) is 69.5 Å². The molecule has 0 aliphatic carbocycles. The minimum absolute atomic E-state index is 0.149. The molecule has 0 aliphatic rings. The maximum absolute atomic E-state index is 12.6. The van der Waals surface area contributed by atoms with Gasteiger partial charge < -0.3 is 14.8 Å². The monoisotopic (exact) mass is 501 g/mol. The Hall–Kier alpha value is -2.64. The Morgan fingerprint density at radius 2 is 1.71 bits per heavy atom. The zero-order valence-electron chi connectivity index (χ0n) is 17.4. The number of carbonyl (C=O) groups excluding carboxylic acids is 2. The molecular weight excluding hydrogens is 478 g/mol. The van der Waals surface area contributed by atoms with Crippen LogP contribution in [0.3, 0.4) is 0 Å². The fraction of sp³-hybridized carbons (Fsp3) is 0.250. The molecule has 3 aromatic rings. The second-order valence-corrected chi connectivity index (χ2v) is 8.50. The first-order chi connectivity index (χ1) is 15.0. The molecule has 0 saturated carbocycles. The number of benzene rings is 2. The average Bonchev–Trinajstić information content (AvgIpc) is 3.17. The second-order valence-electron chi connectivity index (χ2n) is 6.71. The largest absolute Gasteiger partial charge is 0.494 e. The van der Waals surface area contributed by atoms with Gasteiger partial charge in [0.1, 0.15) is 16.3 Å². The Morgan fingerprint density at radius 1 is 1.00 bits per heavy atom. The lowest BCUT2D eigenvalue weighted by atomic mass is 10.0. The predicted molar refractivity (Wildman–Crippen MR) is 128 cm³/mol. The molecule has 0 spiro atoms. The summed E-state index contributed by atoms with van der Waals surface area (Å²) in [6.45, 7) is 4.58. The predicted octanol–water partition coefficient (Wildman–Crippen LogP) is 6.32. The molecule has 0 unspecified atom stereocenters. The first-order valence-corrected chi connectivity index (χ1v) is 11.7. The smallest absolute Gasteiger partial charge is 0.341 e. The summed E-state index contributed by atoms with van der Waals surface area (Å²) in [6.07, 6.45) is 0.902. The van der Waals surface area contributed by atoms with E-state index in [4.69, 9.17) is 9.47 Å². The first-order valence-electron chi connectivity index (χ1n) is 10.1. The number of aryl methyl sites for hydroxylation is 1. The van der Waals surface area contributed by atoms with Gasteiger partial charge in [-0.1, -0.05) is 40.2 Å². The molecule has 5 nitrogen and oxygen atoms in total. The van der Waals surface area contributed by atoms with E-state index >= 15 is 0 Å². The van der Waals surface area contributed by atoms with Crippen LogP contribution in [0.1, 0.15) is 36.2 Å². The first kappa shape index (κ1) is 23.0. The van der Waals surface area contributed by atoms with Crippen LogP contribution in [0.2, 0.25) is 0 Å². The van der Waals surface area contributed by atoms with Gasteiger partial charge in [-0.15, -0.1) is 11.3 Å². The molecule has 3 rings (SSSR count). The molecule has 1 aromatic heterocycles. The van der Waals surface area contributed by atoms with Crippen molar-refractivity contribution >= 4 is 44.1 Å². The SMILES string of the molecule is CCOC(=O)c1c(-c2ccc(Br)cc2)csc1NC(=O)CCc1ccc(OCC)cc1. The minimum atomic E-state index is -0.441. The van der Waals surface area contributed by atoms with Crippen molar-refractivity contribution in [2.75, 3.05) is 18.5 Å². The average molecular weight is 502 g/mol. The molecule has 162 valence electrons. The van der Waals surface area contributed by atoms with E-state index in [9.17, 15) is 9.59 Å². The highest BCUT2D eigenvalue weighted by atomic mass is 79.9. The Balaban J connectivity index is 1.73. The number of amides is 1. The summed E-state index contributed by atoms with van der Waals surface area (Å²) in [5, 5.41) is 5.28. The summed E-state index contributed by atoms with van der Waals surface area (Å²) in [5.41, 5.74) is 3.07. The topological polar surface area (TPSA) is 64.6 Å². The summed E-state index contributed by atoms with van der Waals surface area (Å²) in [4.78, 5) is 25.2. The Bertz CT molecular complexity index is 1030. The van der Waals surface area contributed by atoms with Crippen LogP contribution >= 0.6 is 27.3 Å². The van der Waals surface area contributed by atoms with Crippen LogP contribution in [-0.4, -0.2) is 25.1 Å². The number of esters is 1. The fourth-order valence-electron chi connectivity index (χ4n) is 3.06. The highest BCUT2D eigenvalue weighted by molar-refractivity contribution is 9.10. The van der Waals surface area contributed by atoms with E-state index in [1.54, 1.807) is 6.92 Å². The van der Waals surface area contributed by atoms with Crippen molar-refractivity contribution < 1.29 is 19.1 Å². The van der Waals surface area contributed by atoms with E-state index in [0.717, 1.165) is 26.9 Å². The number of hydrogen-bond acceptors (Lipinski definition) is 5. The quantitative estimate of drug-likeness (QED) is 0.348. The molecule has 0 radical (unpaired) electrons. The van der Waals surface area contributed by atoms with E-state index < -0.39 is 5.97 Å². The molecule has 31 heavy (non-hydrogen) atoms. The number of anilines is 1. The van der Waals surface area contributed by atoms with E-state index in [1.807, 2.05) is 60.8 Å². The Labute approximate surface area is 194 Å². The van der Waals surface area contributed by atoms with Crippen LogP contribution < -0.4 is 10.1 Å². The van der Waals surface area contributed by atoms with Gasteiger partial charge in [-0.05, 0) is 55.7 Å². The van der Waals surface area contributed by atoms with Crippen LogP contribution in [0.25, 0.3) is 11.1 Å². The lowest BCUT2D eigenvalue weighted by Crippen LogP contribution is -2.15. The number of thiophene rings is 1. The summed E-state index contributed by atoms with van der Waals surface area (Å²) >= 11 is 4.75. The third kappa shape index (κ3) is 6.18. The van der Waals surface area contributed by atoms with Crippen LogP contribution in [0.15, 0.2) is 58.4 Å². The second kappa shape index (κ2) is 11.1. The number of halogens is 1. The number of ether oxygens (including phenoxy) is 2. The van der Waals surface area contributed by atoms with Gasteiger partial charge in [0.25, 0.3) is 0 Å². The zero-order chi connectivity index (χ0) is 22.2. The van der Waals surface area contributed by atoms with Gasteiger partial charge in [-0.3, -0.25) is 4.79 Å². The summed E-state index contributed by atoms with van der Waals surface area (Å²) in [7, 11) is 0. The van der Waals surface area contributed by atoms with E-state index in [2.05, 4.69) is 21.2 Å². The van der Waals surface area contributed by atoms with Gasteiger partial charge in [0.05, 0.1) is 13.2 Å². The van der Waals surface area contributed by atoms with Crippen LogP contribution in [0.5, 0.6) is 5.75 Å². The number of rotatable bonds is 9. The highest BCUT2D eigenvalue weighted by Crippen LogP contribution is 2.36. The lowest BCUT2D eigenvalue weighted by Gasteiger charge is -2.09. The number of carbonyl (C=O) groups is 2. The van der Waals surface area contributed by atoms with Crippen molar-refractivity contribution in [2.24, 2.45) is 0 Å². The summed E-state index contributed by atoms with van der Waals surface area (Å²) in [6, 6.07) is 15.4. The van der Waals surface area contributed by atoms with Gasteiger partial charge >= 0.3 is 5.97 Å². The van der Waals surface area contributed by atoms with Crippen LogP contribution in [-0.2, 0) is 16.0 Å².